The first-order valence-electron chi connectivity index (χ1n) is 8.45. The Morgan fingerprint density at radius 3 is 2.64 bits per heavy atom. The van der Waals surface area contributed by atoms with Gasteiger partial charge in [-0.3, -0.25) is 4.90 Å². The largest absolute Gasteiger partial charge is 0.494 e. The topological polar surface area (TPSA) is 41.9 Å². The number of hydrogen-bond acceptors (Lipinski definition) is 4. The molecule has 1 atom stereocenters. The molecule has 2 aliphatic heterocycles. The third kappa shape index (κ3) is 3.80. The average molecular weight is 305 g/mol. The number of ether oxygens (including phenoxy) is 2. The van der Waals surface area contributed by atoms with Crippen LogP contribution in [0, 0.1) is 0 Å². The van der Waals surface area contributed by atoms with Crippen LogP contribution in [-0.4, -0.2) is 48.0 Å². The van der Waals surface area contributed by atoms with Gasteiger partial charge in [0, 0.05) is 32.7 Å². The summed E-state index contributed by atoms with van der Waals surface area (Å²) in [7, 11) is 0. The number of hydrogen-bond donors (Lipinski definition) is 1. The molecular weight excluding hydrogens is 278 g/mol. The Hall–Kier alpha value is -1.10. The Kier molecular flexibility index (Phi) is 5.01. The summed E-state index contributed by atoms with van der Waals surface area (Å²) in [6.07, 6.45) is 3.48. The van der Waals surface area contributed by atoms with Crippen LogP contribution in [-0.2, 0) is 11.3 Å². The molecule has 2 fully saturated rings. The minimum Gasteiger partial charge on any atom is -0.494 e. The zero-order chi connectivity index (χ0) is 15.4. The van der Waals surface area contributed by atoms with Gasteiger partial charge in [-0.05, 0) is 43.9 Å². The van der Waals surface area contributed by atoms with Crippen molar-refractivity contribution in [1.29, 1.82) is 0 Å². The second-order valence-electron chi connectivity index (χ2n) is 6.53. The van der Waals surface area contributed by atoms with Crippen LogP contribution in [0.2, 0.25) is 0 Å². The zero-order valence-corrected chi connectivity index (χ0v) is 13.5. The van der Waals surface area contributed by atoms with Gasteiger partial charge in [0.1, 0.15) is 5.75 Å². The molecule has 1 N–H and O–H groups in total. The monoisotopic (exact) mass is 305 g/mol. The summed E-state index contributed by atoms with van der Waals surface area (Å²) < 4.78 is 11.5. The second-order valence-corrected chi connectivity index (χ2v) is 6.53. The first-order chi connectivity index (χ1) is 10.7. The quantitative estimate of drug-likeness (QED) is 0.928. The fourth-order valence-electron chi connectivity index (χ4n) is 3.58. The fraction of sp³-hybridized carbons (Fsp3) is 0.667. The second kappa shape index (κ2) is 6.99. The van der Waals surface area contributed by atoms with Crippen LogP contribution < -0.4 is 4.74 Å². The standard InChI is InChI=1S/C18H27NO3/c1-2-21-17-5-3-15(4-6-17)14-19-10-8-18(9-11-19)13-16(20)7-12-22-18/h3-6,16,20H,2,7-14H2,1H3. The molecule has 0 aliphatic carbocycles. The average Bonchev–Trinajstić information content (AvgIpc) is 2.52. The smallest absolute Gasteiger partial charge is 0.119 e. The molecule has 2 aliphatic rings. The van der Waals surface area contributed by atoms with Crippen LogP contribution in [0.15, 0.2) is 24.3 Å². The van der Waals surface area contributed by atoms with Crippen molar-refractivity contribution < 1.29 is 14.6 Å². The Bertz CT molecular complexity index is 466. The van der Waals surface area contributed by atoms with Crippen molar-refractivity contribution in [3.63, 3.8) is 0 Å². The summed E-state index contributed by atoms with van der Waals surface area (Å²) >= 11 is 0. The predicted octanol–water partition coefficient (Wildman–Crippen LogP) is 2.59. The minimum atomic E-state index is -0.175. The summed E-state index contributed by atoms with van der Waals surface area (Å²) in [5.74, 6) is 0.938. The van der Waals surface area contributed by atoms with Crippen molar-refractivity contribution in [2.24, 2.45) is 0 Å². The maximum Gasteiger partial charge on any atom is 0.119 e. The van der Waals surface area contributed by atoms with E-state index in [-0.39, 0.29) is 11.7 Å². The van der Waals surface area contributed by atoms with Gasteiger partial charge in [-0.2, -0.15) is 0 Å². The molecule has 0 bridgehead atoms. The lowest BCUT2D eigenvalue weighted by Crippen LogP contribution is -2.50. The summed E-state index contributed by atoms with van der Waals surface area (Å²) in [6.45, 7) is 6.48. The zero-order valence-electron chi connectivity index (χ0n) is 13.5. The van der Waals surface area contributed by atoms with Crippen molar-refractivity contribution in [3.05, 3.63) is 29.8 Å². The summed E-state index contributed by atoms with van der Waals surface area (Å²) in [4.78, 5) is 2.48. The van der Waals surface area contributed by atoms with Crippen molar-refractivity contribution in [2.75, 3.05) is 26.3 Å². The van der Waals surface area contributed by atoms with Gasteiger partial charge in [0.05, 0.1) is 18.3 Å². The molecule has 0 radical (unpaired) electrons. The third-order valence-corrected chi connectivity index (χ3v) is 4.87. The number of nitrogens with zero attached hydrogens (tertiary/aromatic N) is 1. The van der Waals surface area contributed by atoms with Crippen LogP contribution >= 0.6 is 0 Å². The lowest BCUT2D eigenvalue weighted by atomic mass is 9.83. The van der Waals surface area contributed by atoms with Crippen molar-refractivity contribution in [2.45, 2.75) is 50.9 Å². The molecule has 0 saturated carbocycles. The molecular formula is C18H27NO3. The van der Waals surface area contributed by atoms with E-state index in [0.717, 1.165) is 51.1 Å². The van der Waals surface area contributed by atoms with E-state index in [1.54, 1.807) is 0 Å². The first kappa shape index (κ1) is 15.8. The van der Waals surface area contributed by atoms with Crippen LogP contribution in [0.25, 0.3) is 0 Å². The highest BCUT2D eigenvalue weighted by atomic mass is 16.5. The molecule has 1 aromatic carbocycles. The van der Waals surface area contributed by atoms with Gasteiger partial charge in [-0.25, -0.2) is 0 Å². The predicted molar refractivity (Wildman–Crippen MR) is 86.0 cm³/mol. The van der Waals surface area contributed by atoms with E-state index >= 15 is 0 Å². The van der Waals surface area contributed by atoms with Crippen molar-refractivity contribution >= 4 is 0 Å². The number of benzene rings is 1. The molecule has 1 unspecified atom stereocenters. The molecule has 22 heavy (non-hydrogen) atoms. The molecule has 2 heterocycles. The highest BCUT2D eigenvalue weighted by Crippen LogP contribution is 2.35. The van der Waals surface area contributed by atoms with Crippen LogP contribution in [0.4, 0.5) is 0 Å². The lowest BCUT2D eigenvalue weighted by molar-refractivity contribution is -0.143. The minimum absolute atomic E-state index is 0.0625. The van der Waals surface area contributed by atoms with E-state index in [1.165, 1.54) is 5.56 Å². The van der Waals surface area contributed by atoms with Gasteiger partial charge in [0.15, 0.2) is 0 Å². The number of aliphatic hydroxyl groups is 1. The van der Waals surface area contributed by atoms with Crippen LogP contribution in [0.1, 0.15) is 38.2 Å². The number of aliphatic hydroxyl groups excluding tert-OH is 1. The number of likely N-dealkylation sites (tertiary alicyclic amines) is 1. The Morgan fingerprint density at radius 2 is 2.00 bits per heavy atom. The van der Waals surface area contributed by atoms with Crippen molar-refractivity contribution in [1.82, 2.24) is 4.90 Å². The Labute approximate surface area is 133 Å². The fourth-order valence-corrected chi connectivity index (χ4v) is 3.58. The number of piperidine rings is 1. The summed E-state index contributed by atoms with van der Waals surface area (Å²) in [5, 5.41) is 9.89. The van der Waals surface area contributed by atoms with Gasteiger partial charge in [-0.15, -0.1) is 0 Å². The summed E-state index contributed by atoms with van der Waals surface area (Å²) in [5.41, 5.74) is 1.26. The highest BCUT2D eigenvalue weighted by molar-refractivity contribution is 5.27. The van der Waals surface area contributed by atoms with Gasteiger partial charge in [-0.1, -0.05) is 12.1 Å². The van der Waals surface area contributed by atoms with Crippen LogP contribution in [0.5, 0.6) is 5.75 Å². The summed E-state index contributed by atoms with van der Waals surface area (Å²) in [6, 6.07) is 8.39. The maximum absolute atomic E-state index is 9.89. The number of rotatable bonds is 4. The molecule has 1 aromatic rings. The highest BCUT2D eigenvalue weighted by Gasteiger charge is 2.39. The first-order valence-corrected chi connectivity index (χ1v) is 8.45. The Morgan fingerprint density at radius 1 is 1.27 bits per heavy atom. The molecule has 3 rings (SSSR count). The van der Waals surface area contributed by atoms with E-state index in [2.05, 4.69) is 17.0 Å². The van der Waals surface area contributed by atoms with Gasteiger partial charge in [0.25, 0.3) is 0 Å². The lowest BCUT2D eigenvalue weighted by Gasteiger charge is -2.45. The molecule has 2 saturated heterocycles. The van der Waals surface area contributed by atoms with E-state index < -0.39 is 0 Å². The van der Waals surface area contributed by atoms with Crippen LogP contribution in [0.3, 0.4) is 0 Å². The van der Waals surface area contributed by atoms with Gasteiger partial charge < -0.3 is 14.6 Å². The van der Waals surface area contributed by atoms with E-state index in [1.807, 2.05) is 19.1 Å². The molecule has 4 nitrogen and oxygen atoms in total. The van der Waals surface area contributed by atoms with Crippen molar-refractivity contribution in [3.8, 4) is 5.75 Å². The molecule has 0 aromatic heterocycles. The molecule has 1 spiro atoms. The third-order valence-electron chi connectivity index (χ3n) is 4.87. The van der Waals surface area contributed by atoms with E-state index in [4.69, 9.17) is 9.47 Å². The molecule has 4 heteroatoms. The normalized spacial score (nSPS) is 25.3. The molecule has 122 valence electrons. The Balaban J connectivity index is 1.51. The van der Waals surface area contributed by atoms with Gasteiger partial charge in [0.2, 0.25) is 0 Å². The molecule has 0 amide bonds. The maximum atomic E-state index is 9.89. The SMILES string of the molecule is CCOc1ccc(CN2CCC3(CC2)CC(O)CCO3)cc1. The van der Waals surface area contributed by atoms with Gasteiger partial charge >= 0.3 is 0 Å². The van der Waals surface area contributed by atoms with E-state index in [0.29, 0.717) is 13.2 Å². The van der Waals surface area contributed by atoms with E-state index in [9.17, 15) is 5.11 Å².